The molecule has 1 heterocycles. The lowest BCUT2D eigenvalue weighted by Gasteiger charge is -2.20. The van der Waals surface area contributed by atoms with Gasteiger partial charge >= 0.3 is 0 Å². The molecule has 0 saturated carbocycles. The Labute approximate surface area is 78.9 Å². The Morgan fingerprint density at radius 3 is 2.86 bits per heavy atom. The zero-order valence-corrected chi connectivity index (χ0v) is 7.12. The van der Waals surface area contributed by atoms with Crippen molar-refractivity contribution >= 4 is 6.29 Å². The minimum atomic E-state index is -0.892. The molecule has 0 spiro atoms. The van der Waals surface area contributed by atoms with Crippen LogP contribution in [0.2, 0.25) is 0 Å². The number of rotatable bonds is 1. The van der Waals surface area contributed by atoms with E-state index in [9.17, 15) is 14.3 Å². The number of halogens is 1. The van der Waals surface area contributed by atoms with Crippen LogP contribution in [0.25, 0.3) is 0 Å². The minimum absolute atomic E-state index is 0.102. The summed E-state index contributed by atoms with van der Waals surface area (Å²) in [6, 6.07) is 0.997. The molecule has 0 atom stereocenters. The van der Waals surface area contributed by atoms with Gasteiger partial charge in [-0.25, -0.2) is 4.39 Å². The molecule has 1 aromatic rings. The van der Waals surface area contributed by atoms with Crippen LogP contribution in [-0.2, 0) is 0 Å². The molecule has 1 aromatic carbocycles. The van der Waals surface area contributed by atoms with Crippen LogP contribution >= 0.6 is 0 Å². The molecular formula is C9H7FO4. The van der Waals surface area contributed by atoms with Crippen molar-refractivity contribution in [3.8, 4) is 17.2 Å². The van der Waals surface area contributed by atoms with Crippen LogP contribution in [0, 0.1) is 5.82 Å². The molecular weight excluding hydrogens is 191 g/mol. The highest BCUT2D eigenvalue weighted by molar-refractivity contribution is 5.85. The van der Waals surface area contributed by atoms with E-state index in [0.29, 0.717) is 12.9 Å². The quantitative estimate of drug-likeness (QED) is 0.687. The Morgan fingerprint density at radius 1 is 1.43 bits per heavy atom. The summed E-state index contributed by atoms with van der Waals surface area (Å²) in [6.07, 6.45) is 0.339. The van der Waals surface area contributed by atoms with Crippen LogP contribution in [0.3, 0.4) is 0 Å². The Hall–Kier alpha value is -1.78. The topological polar surface area (TPSA) is 55.8 Å². The Morgan fingerprint density at radius 2 is 2.14 bits per heavy atom. The van der Waals surface area contributed by atoms with Crippen LogP contribution in [-0.4, -0.2) is 24.6 Å². The molecule has 2 rings (SSSR count). The number of fused-ring (bicyclic) bond motifs is 1. The minimum Gasteiger partial charge on any atom is -0.504 e. The Balaban J connectivity index is 2.65. The third kappa shape index (κ3) is 1.17. The fourth-order valence-electron chi connectivity index (χ4n) is 1.28. The van der Waals surface area contributed by atoms with Gasteiger partial charge in [-0.2, -0.15) is 0 Å². The Bertz CT molecular complexity index is 389. The summed E-state index contributed by atoms with van der Waals surface area (Å²) in [5, 5.41) is 9.21. The zero-order chi connectivity index (χ0) is 10.1. The molecule has 0 radical (unpaired) electrons. The van der Waals surface area contributed by atoms with Gasteiger partial charge in [0.2, 0.25) is 0 Å². The van der Waals surface area contributed by atoms with Gasteiger partial charge in [0.25, 0.3) is 0 Å². The van der Waals surface area contributed by atoms with E-state index >= 15 is 0 Å². The normalized spacial score (nSPS) is 13.8. The van der Waals surface area contributed by atoms with Crippen molar-refractivity contribution in [2.75, 3.05) is 13.2 Å². The van der Waals surface area contributed by atoms with Gasteiger partial charge in [0.1, 0.15) is 18.8 Å². The number of ether oxygens (including phenoxy) is 2. The molecule has 1 aliphatic rings. The molecule has 1 aliphatic heterocycles. The van der Waals surface area contributed by atoms with Crippen molar-refractivity contribution in [3.63, 3.8) is 0 Å². The maximum Gasteiger partial charge on any atom is 0.175 e. The molecule has 14 heavy (non-hydrogen) atoms. The largest absolute Gasteiger partial charge is 0.504 e. The van der Waals surface area contributed by atoms with Crippen LogP contribution in [0.4, 0.5) is 4.39 Å². The van der Waals surface area contributed by atoms with Gasteiger partial charge in [-0.15, -0.1) is 0 Å². The second-order valence-corrected chi connectivity index (χ2v) is 2.76. The molecule has 0 bridgehead atoms. The number of hydrogen-bond acceptors (Lipinski definition) is 4. The van der Waals surface area contributed by atoms with Crippen molar-refractivity contribution in [1.29, 1.82) is 0 Å². The second kappa shape index (κ2) is 3.17. The first-order valence-corrected chi connectivity index (χ1v) is 4.00. The molecule has 0 aliphatic carbocycles. The third-order valence-electron chi connectivity index (χ3n) is 1.91. The van der Waals surface area contributed by atoms with Crippen LogP contribution in [0.15, 0.2) is 6.07 Å². The molecule has 0 saturated heterocycles. The van der Waals surface area contributed by atoms with E-state index < -0.39 is 11.6 Å². The number of phenolic OH excluding ortho intramolecular Hbond substituents is 1. The highest BCUT2D eigenvalue weighted by Gasteiger charge is 2.22. The molecule has 5 heteroatoms. The van der Waals surface area contributed by atoms with Gasteiger partial charge in [-0.1, -0.05) is 0 Å². The highest BCUT2D eigenvalue weighted by atomic mass is 19.1. The van der Waals surface area contributed by atoms with Crippen molar-refractivity contribution in [2.45, 2.75) is 0 Å². The molecule has 4 nitrogen and oxygen atoms in total. The van der Waals surface area contributed by atoms with Gasteiger partial charge in [0.15, 0.2) is 29.4 Å². The number of hydrogen-bond donors (Lipinski definition) is 1. The van der Waals surface area contributed by atoms with Gasteiger partial charge in [-0.3, -0.25) is 4.79 Å². The average molecular weight is 198 g/mol. The van der Waals surface area contributed by atoms with Crippen molar-refractivity contribution in [2.24, 2.45) is 0 Å². The predicted octanol–water partition coefficient (Wildman–Crippen LogP) is 1.11. The van der Waals surface area contributed by atoms with E-state index in [0.717, 1.165) is 6.07 Å². The third-order valence-corrected chi connectivity index (χ3v) is 1.91. The summed E-state index contributed by atoms with van der Waals surface area (Å²) in [7, 11) is 0. The molecule has 1 N–H and O–H groups in total. The number of benzene rings is 1. The Kier molecular flexibility index (Phi) is 1.99. The average Bonchev–Trinajstić information content (AvgIpc) is 2.20. The van der Waals surface area contributed by atoms with E-state index in [2.05, 4.69) is 0 Å². The lowest BCUT2D eigenvalue weighted by atomic mass is 10.1. The van der Waals surface area contributed by atoms with Gasteiger partial charge in [-0.05, 0) is 0 Å². The van der Waals surface area contributed by atoms with Gasteiger partial charge in [0.05, 0.1) is 0 Å². The predicted molar refractivity (Wildman–Crippen MR) is 44.4 cm³/mol. The molecule has 74 valence electrons. The number of aldehydes is 1. The van der Waals surface area contributed by atoms with E-state index in [-0.39, 0.29) is 23.7 Å². The first-order chi connectivity index (χ1) is 6.74. The number of carbonyl (C=O) groups excluding carboxylic acids is 1. The van der Waals surface area contributed by atoms with Crippen LogP contribution in [0.1, 0.15) is 10.4 Å². The van der Waals surface area contributed by atoms with Gasteiger partial charge in [0, 0.05) is 6.07 Å². The summed E-state index contributed by atoms with van der Waals surface area (Å²) in [5.74, 6) is -1.35. The number of aromatic hydroxyl groups is 1. The summed E-state index contributed by atoms with van der Waals surface area (Å²) in [5.41, 5.74) is -0.209. The molecule has 0 aromatic heterocycles. The standard InChI is InChI=1S/C9H7FO4/c10-6-3-7-9(14-2-1-13-7)5(4-11)8(6)12/h3-4,12H,1-2H2. The summed E-state index contributed by atoms with van der Waals surface area (Å²) in [6.45, 7) is 0.578. The monoisotopic (exact) mass is 198 g/mol. The maximum atomic E-state index is 13.0. The molecule has 0 unspecified atom stereocenters. The summed E-state index contributed by atoms with van der Waals surface area (Å²) >= 11 is 0. The van der Waals surface area contributed by atoms with E-state index in [4.69, 9.17) is 9.47 Å². The highest BCUT2D eigenvalue weighted by Crippen LogP contribution is 2.39. The number of carbonyl (C=O) groups is 1. The fourth-order valence-corrected chi connectivity index (χ4v) is 1.28. The van der Waals surface area contributed by atoms with Crippen molar-refractivity contribution in [3.05, 3.63) is 17.4 Å². The van der Waals surface area contributed by atoms with Crippen molar-refractivity contribution < 1.29 is 23.8 Å². The van der Waals surface area contributed by atoms with Crippen LogP contribution < -0.4 is 9.47 Å². The van der Waals surface area contributed by atoms with E-state index in [1.54, 1.807) is 0 Å². The van der Waals surface area contributed by atoms with Gasteiger partial charge < -0.3 is 14.6 Å². The van der Waals surface area contributed by atoms with Crippen LogP contribution in [0.5, 0.6) is 17.2 Å². The van der Waals surface area contributed by atoms with E-state index in [1.165, 1.54) is 0 Å². The van der Waals surface area contributed by atoms with Crippen molar-refractivity contribution in [1.82, 2.24) is 0 Å². The fraction of sp³-hybridized carbons (Fsp3) is 0.222. The lowest BCUT2D eigenvalue weighted by molar-refractivity contribution is 0.110. The lowest BCUT2D eigenvalue weighted by Crippen LogP contribution is -2.17. The van der Waals surface area contributed by atoms with E-state index in [1.807, 2.05) is 0 Å². The SMILES string of the molecule is O=Cc1c(O)c(F)cc2c1OCCO2. The summed E-state index contributed by atoms with van der Waals surface area (Å²) < 4.78 is 23.2. The summed E-state index contributed by atoms with van der Waals surface area (Å²) in [4.78, 5) is 10.6. The first-order valence-electron chi connectivity index (χ1n) is 4.00. The molecule has 0 fully saturated rings. The zero-order valence-electron chi connectivity index (χ0n) is 7.12. The first kappa shape index (κ1) is 8.80. The maximum absolute atomic E-state index is 13.0. The molecule has 0 amide bonds. The smallest absolute Gasteiger partial charge is 0.175 e. The number of phenols is 1. The second-order valence-electron chi connectivity index (χ2n) is 2.76.